The zero-order chi connectivity index (χ0) is 36.2. The van der Waals surface area contributed by atoms with Gasteiger partial charge in [0, 0.05) is 44.6 Å². The third-order valence-electron chi connectivity index (χ3n) is 11.1. The van der Waals surface area contributed by atoms with E-state index in [1.54, 1.807) is 0 Å². The summed E-state index contributed by atoms with van der Waals surface area (Å²) in [6.07, 6.45) is 0. The number of aromatic nitrogens is 1. The Kier molecular flexibility index (Phi) is 7.48. The van der Waals surface area contributed by atoms with Gasteiger partial charge >= 0.3 is 0 Å². The third-order valence-corrected chi connectivity index (χ3v) is 11.1. The maximum Gasteiger partial charge on any atom is 0.0542 e. The fraction of sp³-hybridized carbons (Fsp3) is 0.0588. The highest BCUT2D eigenvalue weighted by Crippen LogP contribution is 2.53. The Morgan fingerprint density at radius 1 is 0.389 bits per heavy atom. The van der Waals surface area contributed by atoms with Gasteiger partial charge in [-0.2, -0.15) is 0 Å². The minimum Gasteiger partial charge on any atom is -0.310 e. The molecule has 0 N–H and O–H groups in total. The summed E-state index contributed by atoms with van der Waals surface area (Å²) in [5.74, 6) is 0. The molecule has 2 heterocycles. The number of hydrogen-bond acceptors (Lipinski definition) is 2. The summed E-state index contributed by atoms with van der Waals surface area (Å²) in [4.78, 5) is 4.85. The summed E-state index contributed by atoms with van der Waals surface area (Å²) in [5, 5.41) is 2.45. The molecule has 1 aromatic heterocycles. The van der Waals surface area contributed by atoms with E-state index in [9.17, 15) is 0 Å². The second-order valence-electron chi connectivity index (χ2n) is 14.7. The van der Waals surface area contributed by atoms with Gasteiger partial charge in [0.05, 0.1) is 22.4 Å². The molecule has 1 aliphatic rings. The highest BCUT2D eigenvalue weighted by Gasteiger charge is 2.37. The van der Waals surface area contributed by atoms with Gasteiger partial charge in [-0.1, -0.05) is 135 Å². The van der Waals surface area contributed by atoms with Crippen molar-refractivity contribution in [3.8, 4) is 16.8 Å². The van der Waals surface area contributed by atoms with Crippen LogP contribution >= 0.6 is 0 Å². The molecule has 3 heteroatoms. The summed E-state index contributed by atoms with van der Waals surface area (Å²) >= 11 is 0. The lowest BCUT2D eigenvalue weighted by atomic mass is 9.73. The molecule has 258 valence electrons. The molecule has 3 nitrogen and oxygen atoms in total. The van der Waals surface area contributed by atoms with Crippen molar-refractivity contribution in [1.82, 2.24) is 4.57 Å². The van der Waals surface area contributed by atoms with E-state index in [2.05, 4.69) is 228 Å². The molecule has 0 atom stereocenters. The van der Waals surface area contributed by atoms with Gasteiger partial charge < -0.3 is 14.4 Å². The van der Waals surface area contributed by atoms with E-state index in [1.807, 2.05) is 0 Å². The van der Waals surface area contributed by atoms with Crippen LogP contribution in [0.25, 0.3) is 38.6 Å². The predicted molar refractivity (Wildman–Crippen MR) is 228 cm³/mol. The number of nitrogens with zero attached hydrogens (tertiary/aromatic N) is 3. The van der Waals surface area contributed by atoms with Crippen LogP contribution < -0.4 is 9.80 Å². The lowest BCUT2D eigenvalue weighted by molar-refractivity contribution is 0.632. The van der Waals surface area contributed by atoms with Crippen molar-refractivity contribution in [2.45, 2.75) is 19.3 Å². The Labute approximate surface area is 316 Å². The molecule has 9 aromatic rings. The van der Waals surface area contributed by atoms with Gasteiger partial charge in [0.1, 0.15) is 0 Å². The van der Waals surface area contributed by atoms with Crippen LogP contribution in [-0.2, 0) is 5.41 Å². The van der Waals surface area contributed by atoms with Crippen LogP contribution in [-0.4, -0.2) is 4.57 Å². The van der Waals surface area contributed by atoms with E-state index in [-0.39, 0.29) is 5.41 Å². The summed E-state index contributed by atoms with van der Waals surface area (Å²) < 4.78 is 2.38. The fourth-order valence-electron chi connectivity index (χ4n) is 8.54. The van der Waals surface area contributed by atoms with E-state index in [1.165, 1.54) is 55.4 Å². The number of fused-ring (bicyclic) bond motifs is 5. The standard InChI is InChI=1S/C51H39N3/c1-51(2)45-23-13-15-25-49(45)54(39-20-10-5-11-21-39)50-35-42(30-32-46(50)51)52(40-28-26-37(27-29-40)36-16-6-3-7-17-36)41-31-33-48-44(34-41)43-22-12-14-24-47(43)53(48)38-18-8-4-9-19-38/h3-35H,1-2H3. The molecule has 0 spiro atoms. The molecule has 0 aliphatic carbocycles. The maximum absolute atomic E-state index is 2.44. The van der Waals surface area contributed by atoms with Crippen LogP contribution in [0.5, 0.6) is 0 Å². The first-order valence-electron chi connectivity index (χ1n) is 18.7. The van der Waals surface area contributed by atoms with E-state index >= 15 is 0 Å². The topological polar surface area (TPSA) is 11.4 Å². The molecule has 0 unspecified atom stereocenters. The number of para-hydroxylation sites is 4. The van der Waals surface area contributed by atoms with E-state index in [0.29, 0.717) is 0 Å². The summed E-state index contributed by atoms with van der Waals surface area (Å²) in [6.45, 7) is 4.70. The van der Waals surface area contributed by atoms with Gasteiger partial charge in [0.2, 0.25) is 0 Å². The summed E-state index contributed by atoms with van der Waals surface area (Å²) in [7, 11) is 0. The first-order valence-corrected chi connectivity index (χ1v) is 18.7. The van der Waals surface area contributed by atoms with Crippen molar-refractivity contribution in [1.29, 1.82) is 0 Å². The highest BCUT2D eigenvalue weighted by atomic mass is 15.2. The van der Waals surface area contributed by atoms with Crippen molar-refractivity contribution >= 4 is 55.9 Å². The Morgan fingerprint density at radius 2 is 0.926 bits per heavy atom. The molecule has 0 saturated carbocycles. The maximum atomic E-state index is 2.44. The van der Waals surface area contributed by atoms with Gasteiger partial charge in [-0.25, -0.2) is 0 Å². The molecule has 0 radical (unpaired) electrons. The second kappa shape index (κ2) is 12.7. The molecule has 0 bridgehead atoms. The van der Waals surface area contributed by atoms with Gasteiger partial charge in [0.15, 0.2) is 0 Å². The van der Waals surface area contributed by atoms with Gasteiger partial charge in [-0.05, 0) is 101 Å². The number of anilines is 6. The van der Waals surface area contributed by atoms with Crippen LogP contribution in [0.15, 0.2) is 200 Å². The van der Waals surface area contributed by atoms with Crippen molar-refractivity contribution < 1.29 is 0 Å². The molecule has 0 fully saturated rings. The van der Waals surface area contributed by atoms with Gasteiger partial charge in [-0.15, -0.1) is 0 Å². The number of rotatable bonds is 6. The number of hydrogen-bond donors (Lipinski definition) is 0. The summed E-state index contributed by atoms with van der Waals surface area (Å²) in [6, 6.07) is 72.6. The van der Waals surface area contributed by atoms with E-state index in [4.69, 9.17) is 0 Å². The molecule has 1 aliphatic heterocycles. The minimum atomic E-state index is -0.184. The van der Waals surface area contributed by atoms with Gasteiger partial charge in [0.25, 0.3) is 0 Å². The molecule has 10 rings (SSSR count). The molecule has 0 amide bonds. The molecule has 54 heavy (non-hydrogen) atoms. The van der Waals surface area contributed by atoms with Gasteiger partial charge in [-0.3, -0.25) is 0 Å². The molecular formula is C51H39N3. The van der Waals surface area contributed by atoms with Crippen LogP contribution in [0.1, 0.15) is 25.0 Å². The Hall–Kier alpha value is -6.84. The lowest BCUT2D eigenvalue weighted by Crippen LogP contribution is -2.30. The SMILES string of the molecule is CC1(C)c2ccccc2N(c2ccccc2)c2cc(N(c3ccc(-c4ccccc4)cc3)c3ccc4c(c3)c3ccccc3n4-c3ccccc3)ccc21. The monoisotopic (exact) mass is 693 g/mol. The Morgan fingerprint density at radius 3 is 1.69 bits per heavy atom. The minimum absolute atomic E-state index is 0.184. The zero-order valence-electron chi connectivity index (χ0n) is 30.4. The molecule has 8 aromatic carbocycles. The smallest absolute Gasteiger partial charge is 0.0542 e. The average Bonchev–Trinajstić information content (AvgIpc) is 3.56. The van der Waals surface area contributed by atoms with Crippen molar-refractivity contribution in [3.05, 3.63) is 211 Å². The normalized spacial score (nSPS) is 13.1. The molecular weight excluding hydrogens is 655 g/mol. The van der Waals surface area contributed by atoms with Crippen LogP contribution in [0, 0.1) is 0 Å². The Bertz CT molecular complexity index is 2780. The van der Waals surface area contributed by atoms with E-state index < -0.39 is 0 Å². The zero-order valence-corrected chi connectivity index (χ0v) is 30.4. The quantitative estimate of drug-likeness (QED) is 0.172. The number of benzene rings is 8. The molecule has 0 saturated heterocycles. The fourth-order valence-corrected chi connectivity index (χ4v) is 8.54. The first kappa shape index (κ1) is 31.9. The predicted octanol–water partition coefficient (Wildman–Crippen LogP) is 14.0. The van der Waals surface area contributed by atoms with Crippen LogP contribution in [0.2, 0.25) is 0 Å². The largest absolute Gasteiger partial charge is 0.310 e. The van der Waals surface area contributed by atoms with Crippen molar-refractivity contribution in [2.24, 2.45) is 0 Å². The van der Waals surface area contributed by atoms with Crippen molar-refractivity contribution in [3.63, 3.8) is 0 Å². The van der Waals surface area contributed by atoms with Crippen molar-refractivity contribution in [2.75, 3.05) is 9.80 Å². The second-order valence-corrected chi connectivity index (χ2v) is 14.7. The lowest BCUT2D eigenvalue weighted by Gasteiger charge is -2.42. The summed E-state index contributed by atoms with van der Waals surface area (Å²) in [5.41, 5.74) is 15.2. The highest BCUT2D eigenvalue weighted by molar-refractivity contribution is 6.10. The van der Waals surface area contributed by atoms with E-state index in [0.717, 1.165) is 28.4 Å². The Balaban J connectivity index is 1.20. The van der Waals surface area contributed by atoms with Crippen LogP contribution in [0.4, 0.5) is 34.1 Å². The van der Waals surface area contributed by atoms with Crippen LogP contribution in [0.3, 0.4) is 0 Å². The first-order chi connectivity index (χ1) is 26.6. The third kappa shape index (κ3) is 5.12. The average molecular weight is 694 g/mol.